The molecule has 0 spiro atoms. The standard InChI is InChI=1S/C17H23N3O2/c1-4-8-18-17(21)20-9-7-12-10-13-11(2)5-6-14(22-3)15(13)19-16(12)20/h5-6,10,16,19H,4,7-9H2,1-3H3,(H,18,21). The largest absolute Gasteiger partial charge is 0.495 e. The van der Waals surface area contributed by atoms with Crippen molar-refractivity contribution in [2.75, 3.05) is 25.5 Å². The van der Waals surface area contributed by atoms with Gasteiger partial charge in [-0.3, -0.25) is 0 Å². The quantitative estimate of drug-likeness (QED) is 0.902. The number of methoxy groups -OCH3 is 1. The maximum Gasteiger partial charge on any atom is 0.319 e. The number of nitrogens with one attached hydrogen (secondary N) is 2. The molecule has 1 aromatic carbocycles. The molecule has 1 saturated heterocycles. The molecule has 1 fully saturated rings. The average molecular weight is 301 g/mol. The van der Waals surface area contributed by atoms with Gasteiger partial charge in [0.15, 0.2) is 0 Å². The SMILES string of the molecule is CCCNC(=O)N1CCC2=Cc3c(C)ccc(OC)c3NC21. The van der Waals surface area contributed by atoms with E-state index in [-0.39, 0.29) is 12.2 Å². The fourth-order valence-electron chi connectivity index (χ4n) is 3.12. The number of aryl methyl sites for hydroxylation is 1. The minimum atomic E-state index is -0.0694. The second-order valence-corrected chi connectivity index (χ2v) is 5.81. The number of carbonyl (C=O) groups is 1. The highest BCUT2D eigenvalue weighted by atomic mass is 16.5. The number of hydrogen-bond acceptors (Lipinski definition) is 3. The zero-order valence-corrected chi connectivity index (χ0v) is 13.4. The number of hydrogen-bond donors (Lipinski definition) is 2. The van der Waals surface area contributed by atoms with Gasteiger partial charge >= 0.3 is 6.03 Å². The molecule has 3 rings (SSSR count). The predicted octanol–water partition coefficient (Wildman–Crippen LogP) is 2.96. The van der Waals surface area contributed by atoms with Gasteiger partial charge in [0.25, 0.3) is 0 Å². The van der Waals surface area contributed by atoms with E-state index in [1.54, 1.807) is 7.11 Å². The van der Waals surface area contributed by atoms with Crippen molar-refractivity contribution in [1.29, 1.82) is 0 Å². The Hall–Kier alpha value is -2.17. The van der Waals surface area contributed by atoms with Crippen LogP contribution in [0.5, 0.6) is 5.75 Å². The zero-order chi connectivity index (χ0) is 15.7. The number of urea groups is 1. The molecule has 1 atom stereocenters. The van der Waals surface area contributed by atoms with E-state index in [9.17, 15) is 4.79 Å². The maximum absolute atomic E-state index is 12.3. The number of nitrogens with zero attached hydrogens (tertiary/aromatic N) is 1. The van der Waals surface area contributed by atoms with Crippen molar-refractivity contribution in [2.24, 2.45) is 0 Å². The van der Waals surface area contributed by atoms with Crippen LogP contribution in [0.15, 0.2) is 17.7 Å². The summed E-state index contributed by atoms with van der Waals surface area (Å²) in [6, 6.07) is 4.03. The molecule has 118 valence electrons. The van der Waals surface area contributed by atoms with E-state index in [0.29, 0.717) is 6.54 Å². The summed E-state index contributed by atoms with van der Waals surface area (Å²) in [5, 5.41) is 6.46. The molecule has 2 N–H and O–H groups in total. The number of ether oxygens (including phenoxy) is 1. The van der Waals surface area contributed by atoms with Crippen LogP contribution in [-0.2, 0) is 0 Å². The molecule has 0 bridgehead atoms. The highest BCUT2D eigenvalue weighted by molar-refractivity contribution is 5.83. The first-order valence-electron chi connectivity index (χ1n) is 7.84. The van der Waals surface area contributed by atoms with Gasteiger partial charge in [-0.25, -0.2) is 4.79 Å². The summed E-state index contributed by atoms with van der Waals surface area (Å²) >= 11 is 0. The van der Waals surface area contributed by atoms with Crippen LogP contribution in [0.2, 0.25) is 0 Å². The molecule has 5 nitrogen and oxygen atoms in total. The molecule has 22 heavy (non-hydrogen) atoms. The van der Waals surface area contributed by atoms with Gasteiger partial charge in [-0.05, 0) is 43.0 Å². The molecule has 2 aliphatic heterocycles. The van der Waals surface area contributed by atoms with Crippen LogP contribution in [0.3, 0.4) is 0 Å². The molecule has 2 aliphatic rings. The molecule has 0 aliphatic carbocycles. The third-order valence-electron chi connectivity index (χ3n) is 4.35. The molecule has 1 aromatic rings. The smallest absolute Gasteiger partial charge is 0.319 e. The van der Waals surface area contributed by atoms with Crippen molar-refractivity contribution in [1.82, 2.24) is 10.2 Å². The molecule has 0 saturated carbocycles. The van der Waals surface area contributed by atoms with Crippen LogP contribution in [0.4, 0.5) is 10.5 Å². The predicted molar refractivity (Wildman–Crippen MR) is 88.1 cm³/mol. The van der Waals surface area contributed by atoms with Gasteiger partial charge in [0, 0.05) is 18.7 Å². The van der Waals surface area contributed by atoms with Gasteiger partial charge in [-0.15, -0.1) is 0 Å². The van der Waals surface area contributed by atoms with Crippen molar-refractivity contribution in [2.45, 2.75) is 32.9 Å². The first-order valence-corrected chi connectivity index (χ1v) is 7.84. The van der Waals surface area contributed by atoms with Gasteiger partial charge < -0.3 is 20.3 Å². The third kappa shape index (κ3) is 2.40. The number of benzene rings is 1. The lowest BCUT2D eigenvalue weighted by molar-refractivity contribution is 0.200. The monoisotopic (exact) mass is 301 g/mol. The van der Waals surface area contributed by atoms with E-state index in [0.717, 1.165) is 30.8 Å². The lowest BCUT2D eigenvalue weighted by Gasteiger charge is -2.31. The van der Waals surface area contributed by atoms with Crippen LogP contribution in [0.1, 0.15) is 30.9 Å². The minimum Gasteiger partial charge on any atom is -0.495 e. The van der Waals surface area contributed by atoms with Gasteiger partial charge in [0.05, 0.1) is 12.8 Å². The number of rotatable bonds is 3. The fourth-order valence-corrected chi connectivity index (χ4v) is 3.12. The lowest BCUT2D eigenvalue weighted by Crippen LogP contribution is -2.47. The molecule has 1 unspecified atom stereocenters. The van der Waals surface area contributed by atoms with E-state index in [1.807, 2.05) is 11.0 Å². The first-order chi connectivity index (χ1) is 10.7. The van der Waals surface area contributed by atoms with Gasteiger partial charge in [-0.2, -0.15) is 0 Å². The Labute approximate surface area is 131 Å². The van der Waals surface area contributed by atoms with Crippen molar-refractivity contribution in [3.05, 3.63) is 28.8 Å². The van der Waals surface area contributed by atoms with Crippen LogP contribution >= 0.6 is 0 Å². The van der Waals surface area contributed by atoms with Crippen molar-refractivity contribution < 1.29 is 9.53 Å². The van der Waals surface area contributed by atoms with Crippen molar-refractivity contribution >= 4 is 17.8 Å². The number of likely N-dealkylation sites (tertiary alicyclic amines) is 1. The van der Waals surface area contributed by atoms with E-state index in [4.69, 9.17) is 4.74 Å². The highest BCUT2D eigenvalue weighted by Crippen LogP contribution is 2.40. The maximum atomic E-state index is 12.3. The second kappa shape index (κ2) is 5.91. The fraction of sp³-hybridized carbons (Fsp3) is 0.471. The van der Waals surface area contributed by atoms with E-state index >= 15 is 0 Å². The lowest BCUT2D eigenvalue weighted by atomic mass is 9.97. The number of anilines is 1. The number of fused-ring (bicyclic) bond motifs is 2. The van der Waals surface area contributed by atoms with Crippen molar-refractivity contribution in [3.63, 3.8) is 0 Å². The molecule has 2 heterocycles. The summed E-state index contributed by atoms with van der Waals surface area (Å²) < 4.78 is 5.47. The van der Waals surface area contributed by atoms with Gasteiger partial charge in [0.2, 0.25) is 0 Å². The first kappa shape index (κ1) is 14.8. The van der Waals surface area contributed by atoms with E-state index in [2.05, 4.69) is 36.6 Å². The van der Waals surface area contributed by atoms with E-state index in [1.165, 1.54) is 16.7 Å². The Morgan fingerprint density at radius 2 is 2.32 bits per heavy atom. The summed E-state index contributed by atoms with van der Waals surface area (Å²) in [5.74, 6) is 0.816. The Kier molecular flexibility index (Phi) is 3.96. The Balaban J connectivity index is 1.90. The normalized spacial score (nSPS) is 19.0. The van der Waals surface area contributed by atoms with Crippen LogP contribution < -0.4 is 15.4 Å². The Morgan fingerprint density at radius 3 is 3.05 bits per heavy atom. The molecule has 2 amide bonds. The average Bonchev–Trinajstić information content (AvgIpc) is 2.94. The summed E-state index contributed by atoms with van der Waals surface area (Å²) in [6.45, 7) is 5.60. The molecular weight excluding hydrogens is 278 g/mol. The summed E-state index contributed by atoms with van der Waals surface area (Å²) in [5.41, 5.74) is 4.62. The third-order valence-corrected chi connectivity index (χ3v) is 4.35. The molecular formula is C17H23N3O2. The summed E-state index contributed by atoms with van der Waals surface area (Å²) in [7, 11) is 1.67. The summed E-state index contributed by atoms with van der Waals surface area (Å²) in [6.07, 6.45) is 3.99. The highest BCUT2D eigenvalue weighted by Gasteiger charge is 2.36. The minimum absolute atomic E-state index is 0.00202. The van der Waals surface area contributed by atoms with Crippen LogP contribution in [0.25, 0.3) is 6.08 Å². The molecule has 5 heteroatoms. The summed E-state index contributed by atoms with van der Waals surface area (Å²) in [4.78, 5) is 14.2. The van der Waals surface area contributed by atoms with Gasteiger partial charge in [-0.1, -0.05) is 13.0 Å². The number of amides is 2. The zero-order valence-electron chi connectivity index (χ0n) is 13.4. The van der Waals surface area contributed by atoms with Crippen LogP contribution in [0, 0.1) is 6.92 Å². The Bertz CT molecular complexity index is 625. The van der Waals surface area contributed by atoms with Crippen LogP contribution in [-0.4, -0.2) is 37.3 Å². The van der Waals surface area contributed by atoms with Gasteiger partial charge in [0.1, 0.15) is 11.9 Å². The van der Waals surface area contributed by atoms with E-state index < -0.39 is 0 Å². The number of carbonyl (C=O) groups excluding carboxylic acids is 1. The second-order valence-electron chi connectivity index (χ2n) is 5.81. The molecule has 0 radical (unpaired) electrons. The van der Waals surface area contributed by atoms with Crippen molar-refractivity contribution in [3.8, 4) is 5.75 Å². The Morgan fingerprint density at radius 1 is 1.50 bits per heavy atom. The molecule has 0 aromatic heterocycles. The topological polar surface area (TPSA) is 53.6 Å².